The van der Waals surface area contributed by atoms with Gasteiger partial charge in [0.2, 0.25) is 15.9 Å². The highest BCUT2D eigenvalue weighted by molar-refractivity contribution is 7.89. The zero-order valence-corrected chi connectivity index (χ0v) is 16.3. The summed E-state index contributed by atoms with van der Waals surface area (Å²) in [6, 6.07) is 12.8. The summed E-state index contributed by atoms with van der Waals surface area (Å²) in [6.45, 7) is 3.02. The fourth-order valence-electron chi connectivity index (χ4n) is 3.30. The van der Waals surface area contributed by atoms with Crippen LogP contribution in [0.3, 0.4) is 0 Å². The number of likely N-dealkylation sites (tertiary alicyclic amines) is 1. The minimum absolute atomic E-state index is 0.137. The van der Waals surface area contributed by atoms with Gasteiger partial charge in [0.05, 0.1) is 12.0 Å². The Bertz CT molecular complexity index is 907. The third-order valence-electron chi connectivity index (χ3n) is 4.74. The lowest BCUT2D eigenvalue weighted by molar-refractivity contribution is -0.132. The number of carbonyl (C=O) groups is 1. The first kappa shape index (κ1) is 19.4. The number of ether oxygens (including phenoxy) is 1. The average molecular weight is 388 g/mol. The molecule has 1 atom stereocenters. The molecule has 0 aromatic heterocycles. The Hall–Kier alpha value is -2.38. The molecule has 6 nitrogen and oxygen atoms in total. The summed E-state index contributed by atoms with van der Waals surface area (Å²) < 4.78 is 33.8. The maximum absolute atomic E-state index is 13.0. The number of nitrogens with one attached hydrogen (secondary N) is 1. The molecule has 2 aromatic rings. The number of methoxy groups -OCH3 is 1. The van der Waals surface area contributed by atoms with Gasteiger partial charge in [-0.2, -0.15) is 4.72 Å². The summed E-state index contributed by atoms with van der Waals surface area (Å²) in [5.41, 5.74) is 1.19. The standard InChI is InChI=1S/C20H24N2O4S/c1-15-14-17(26-2)10-11-18(15)27(24,25)21-19(16-8-4-3-5-9-16)20(23)22-12-6-7-13-22/h3-5,8-11,14,19,21H,6-7,12-13H2,1-2H3/t19-/m0/s1. The van der Waals surface area contributed by atoms with Crippen LogP contribution in [-0.2, 0) is 14.8 Å². The van der Waals surface area contributed by atoms with Crippen LogP contribution in [0.25, 0.3) is 0 Å². The summed E-state index contributed by atoms with van der Waals surface area (Å²) in [5, 5.41) is 0. The summed E-state index contributed by atoms with van der Waals surface area (Å²) in [4.78, 5) is 14.9. The maximum atomic E-state index is 13.0. The number of hydrogen-bond donors (Lipinski definition) is 1. The molecule has 1 N–H and O–H groups in total. The zero-order chi connectivity index (χ0) is 19.4. The van der Waals surface area contributed by atoms with Crippen LogP contribution in [0.2, 0.25) is 0 Å². The van der Waals surface area contributed by atoms with E-state index in [1.165, 1.54) is 13.2 Å². The molecule has 1 aliphatic rings. The molecule has 1 aliphatic heterocycles. The first-order valence-electron chi connectivity index (χ1n) is 8.93. The quantitative estimate of drug-likeness (QED) is 0.825. The molecule has 0 saturated carbocycles. The van der Waals surface area contributed by atoms with Crippen molar-refractivity contribution in [2.45, 2.75) is 30.7 Å². The van der Waals surface area contributed by atoms with Crippen molar-refractivity contribution in [2.24, 2.45) is 0 Å². The second-order valence-electron chi connectivity index (χ2n) is 6.63. The van der Waals surface area contributed by atoms with Crippen LogP contribution in [-0.4, -0.2) is 39.4 Å². The number of amides is 1. The Labute approximate surface area is 160 Å². The zero-order valence-electron chi connectivity index (χ0n) is 15.5. The summed E-state index contributed by atoms with van der Waals surface area (Å²) in [5.74, 6) is 0.368. The highest BCUT2D eigenvalue weighted by Gasteiger charge is 2.32. The van der Waals surface area contributed by atoms with Crippen LogP contribution < -0.4 is 9.46 Å². The fourth-order valence-corrected chi connectivity index (χ4v) is 4.70. The van der Waals surface area contributed by atoms with E-state index < -0.39 is 16.1 Å². The van der Waals surface area contributed by atoms with Crippen molar-refractivity contribution in [1.82, 2.24) is 9.62 Å². The van der Waals surface area contributed by atoms with Crippen LogP contribution in [0.15, 0.2) is 53.4 Å². The molecule has 3 rings (SSSR count). The van der Waals surface area contributed by atoms with Crippen molar-refractivity contribution < 1.29 is 17.9 Å². The molecule has 1 heterocycles. The number of benzene rings is 2. The topological polar surface area (TPSA) is 75.7 Å². The molecule has 7 heteroatoms. The highest BCUT2D eigenvalue weighted by atomic mass is 32.2. The predicted molar refractivity (Wildman–Crippen MR) is 103 cm³/mol. The number of aryl methyl sites for hydroxylation is 1. The molecule has 1 saturated heterocycles. The van der Waals surface area contributed by atoms with Crippen molar-refractivity contribution in [1.29, 1.82) is 0 Å². The summed E-state index contributed by atoms with van der Waals surface area (Å²) >= 11 is 0. The van der Waals surface area contributed by atoms with Crippen LogP contribution in [0.4, 0.5) is 0 Å². The number of sulfonamides is 1. The first-order chi connectivity index (χ1) is 12.9. The van der Waals surface area contributed by atoms with Crippen LogP contribution >= 0.6 is 0 Å². The van der Waals surface area contributed by atoms with Crippen molar-refractivity contribution in [3.8, 4) is 5.75 Å². The van der Waals surface area contributed by atoms with Gasteiger partial charge in [0, 0.05) is 13.1 Å². The lowest BCUT2D eigenvalue weighted by atomic mass is 10.1. The lowest BCUT2D eigenvalue weighted by Crippen LogP contribution is -2.41. The van der Waals surface area contributed by atoms with Gasteiger partial charge in [-0.25, -0.2) is 8.42 Å². The molecule has 27 heavy (non-hydrogen) atoms. The Kier molecular flexibility index (Phi) is 5.82. The normalized spacial score (nSPS) is 15.6. The highest BCUT2D eigenvalue weighted by Crippen LogP contribution is 2.25. The molecule has 144 valence electrons. The Morgan fingerprint density at radius 3 is 2.37 bits per heavy atom. The molecule has 0 spiro atoms. The van der Waals surface area contributed by atoms with E-state index in [-0.39, 0.29) is 10.8 Å². The van der Waals surface area contributed by atoms with E-state index in [1.807, 2.05) is 6.07 Å². The van der Waals surface area contributed by atoms with E-state index in [2.05, 4.69) is 4.72 Å². The molecule has 0 radical (unpaired) electrons. The fraction of sp³-hybridized carbons (Fsp3) is 0.350. The smallest absolute Gasteiger partial charge is 0.245 e. The van der Waals surface area contributed by atoms with Crippen LogP contribution in [0, 0.1) is 6.92 Å². The minimum atomic E-state index is -3.89. The van der Waals surface area contributed by atoms with E-state index in [0.717, 1.165) is 12.8 Å². The SMILES string of the molecule is COc1ccc(S(=O)(=O)N[C@H](C(=O)N2CCCC2)c2ccccc2)c(C)c1. The lowest BCUT2D eigenvalue weighted by Gasteiger charge is -2.24. The van der Waals surface area contributed by atoms with Gasteiger partial charge in [-0.3, -0.25) is 4.79 Å². The van der Waals surface area contributed by atoms with Gasteiger partial charge in [0.15, 0.2) is 0 Å². The van der Waals surface area contributed by atoms with E-state index >= 15 is 0 Å². The first-order valence-corrected chi connectivity index (χ1v) is 10.4. The number of rotatable bonds is 6. The summed E-state index contributed by atoms with van der Waals surface area (Å²) in [6.07, 6.45) is 1.88. The molecule has 1 amide bonds. The second kappa shape index (κ2) is 8.10. The van der Waals surface area contributed by atoms with Gasteiger partial charge in [-0.15, -0.1) is 0 Å². The Morgan fingerprint density at radius 2 is 1.78 bits per heavy atom. The van der Waals surface area contributed by atoms with Gasteiger partial charge >= 0.3 is 0 Å². The van der Waals surface area contributed by atoms with Crippen molar-refractivity contribution in [3.63, 3.8) is 0 Å². The van der Waals surface area contributed by atoms with E-state index in [1.54, 1.807) is 48.2 Å². The van der Waals surface area contributed by atoms with Crippen molar-refractivity contribution >= 4 is 15.9 Å². The molecular formula is C20H24N2O4S. The second-order valence-corrected chi connectivity index (χ2v) is 8.31. The maximum Gasteiger partial charge on any atom is 0.245 e. The largest absolute Gasteiger partial charge is 0.497 e. The molecule has 0 unspecified atom stereocenters. The molecular weight excluding hydrogens is 364 g/mol. The van der Waals surface area contributed by atoms with Gasteiger partial charge < -0.3 is 9.64 Å². The monoisotopic (exact) mass is 388 g/mol. The number of carbonyl (C=O) groups excluding carboxylic acids is 1. The molecule has 0 aliphatic carbocycles. The van der Waals surface area contributed by atoms with Crippen molar-refractivity contribution in [2.75, 3.05) is 20.2 Å². The third-order valence-corrected chi connectivity index (χ3v) is 6.33. The van der Waals surface area contributed by atoms with Crippen LogP contribution in [0.1, 0.15) is 30.0 Å². The molecule has 2 aromatic carbocycles. The number of nitrogens with zero attached hydrogens (tertiary/aromatic N) is 1. The van der Waals surface area contributed by atoms with Gasteiger partial charge in [-0.05, 0) is 49.1 Å². The number of hydrogen-bond acceptors (Lipinski definition) is 4. The van der Waals surface area contributed by atoms with Crippen LogP contribution in [0.5, 0.6) is 5.75 Å². The van der Waals surface area contributed by atoms with Crippen molar-refractivity contribution in [3.05, 3.63) is 59.7 Å². The predicted octanol–water partition coefficient (Wildman–Crippen LogP) is 2.65. The van der Waals surface area contributed by atoms with Gasteiger partial charge in [-0.1, -0.05) is 30.3 Å². The van der Waals surface area contributed by atoms with E-state index in [0.29, 0.717) is 30.0 Å². The van der Waals surface area contributed by atoms with Gasteiger partial charge in [0.25, 0.3) is 0 Å². The minimum Gasteiger partial charge on any atom is -0.497 e. The Morgan fingerprint density at radius 1 is 1.11 bits per heavy atom. The molecule has 1 fully saturated rings. The molecule has 0 bridgehead atoms. The Balaban J connectivity index is 1.94. The van der Waals surface area contributed by atoms with E-state index in [4.69, 9.17) is 4.74 Å². The van der Waals surface area contributed by atoms with E-state index in [9.17, 15) is 13.2 Å². The third kappa shape index (κ3) is 4.31. The summed E-state index contributed by atoms with van der Waals surface area (Å²) in [7, 11) is -2.36. The van der Waals surface area contributed by atoms with Gasteiger partial charge in [0.1, 0.15) is 11.8 Å². The average Bonchev–Trinajstić information content (AvgIpc) is 3.20.